The molecular formula is C30H28O2S3. The molecular weight excluding hydrogens is 489 g/mol. The van der Waals surface area contributed by atoms with E-state index in [4.69, 9.17) is 0 Å². The molecule has 0 aliphatic heterocycles. The zero-order valence-corrected chi connectivity index (χ0v) is 22.7. The molecule has 0 aliphatic carbocycles. The number of thiophene rings is 3. The highest BCUT2D eigenvalue weighted by molar-refractivity contribution is 7.17. The third kappa shape index (κ3) is 4.33. The molecule has 0 saturated heterocycles. The number of aromatic hydroxyl groups is 2. The van der Waals surface area contributed by atoms with Gasteiger partial charge in [-0.15, -0.1) is 34.0 Å². The van der Waals surface area contributed by atoms with Gasteiger partial charge in [0, 0.05) is 30.3 Å². The summed E-state index contributed by atoms with van der Waals surface area (Å²) < 4.78 is 0. The zero-order valence-electron chi connectivity index (χ0n) is 20.2. The van der Waals surface area contributed by atoms with E-state index in [0.29, 0.717) is 11.5 Å². The first-order valence-electron chi connectivity index (χ1n) is 11.6. The van der Waals surface area contributed by atoms with Crippen molar-refractivity contribution >= 4 is 34.0 Å². The lowest BCUT2D eigenvalue weighted by atomic mass is 9.87. The highest BCUT2D eigenvalue weighted by Gasteiger charge is 2.35. The normalized spacial score (nSPS) is 12.2. The maximum atomic E-state index is 10.9. The van der Waals surface area contributed by atoms with Crippen molar-refractivity contribution in [1.82, 2.24) is 0 Å². The number of rotatable bonds is 6. The van der Waals surface area contributed by atoms with Crippen LogP contribution in [0.5, 0.6) is 11.5 Å². The van der Waals surface area contributed by atoms with Crippen molar-refractivity contribution in [2.24, 2.45) is 0 Å². The van der Waals surface area contributed by atoms with E-state index in [9.17, 15) is 10.2 Å². The molecule has 5 aromatic rings. The predicted molar refractivity (Wildman–Crippen MR) is 151 cm³/mol. The maximum absolute atomic E-state index is 10.9. The van der Waals surface area contributed by atoms with Crippen LogP contribution in [0.3, 0.4) is 0 Å². The van der Waals surface area contributed by atoms with Gasteiger partial charge in [0.1, 0.15) is 11.5 Å². The minimum atomic E-state index is -0.340. The third-order valence-electron chi connectivity index (χ3n) is 6.51. The molecule has 5 heteroatoms. The highest BCUT2D eigenvalue weighted by Crippen LogP contribution is 2.51. The number of hydrogen-bond acceptors (Lipinski definition) is 5. The molecule has 3 heterocycles. The largest absolute Gasteiger partial charge is 0.507 e. The fourth-order valence-electron chi connectivity index (χ4n) is 4.38. The van der Waals surface area contributed by atoms with Gasteiger partial charge in [0.05, 0.1) is 9.75 Å². The molecule has 178 valence electrons. The smallest absolute Gasteiger partial charge is 0.131 e. The van der Waals surface area contributed by atoms with Crippen molar-refractivity contribution in [1.29, 1.82) is 0 Å². The summed E-state index contributed by atoms with van der Waals surface area (Å²) in [5.41, 5.74) is 1.55. The lowest BCUT2D eigenvalue weighted by molar-refractivity contribution is 0.460. The van der Waals surface area contributed by atoms with Crippen LogP contribution in [0.15, 0.2) is 84.9 Å². The van der Waals surface area contributed by atoms with Crippen LogP contribution in [-0.4, -0.2) is 10.2 Å². The van der Waals surface area contributed by atoms with Crippen LogP contribution in [0, 0.1) is 0 Å². The molecule has 5 rings (SSSR count). The topological polar surface area (TPSA) is 40.5 Å². The van der Waals surface area contributed by atoms with Crippen molar-refractivity contribution in [3.63, 3.8) is 0 Å². The monoisotopic (exact) mass is 516 g/mol. The first-order chi connectivity index (χ1) is 16.7. The van der Waals surface area contributed by atoms with Crippen LogP contribution in [0.4, 0.5) is 0 Å². The van der Waals surface area contributed by atoms with E-state index in [-0.39, 0.29) is 10.8 Å². The molecule has 0 unspecified atom stereocenters. The molecule has 0 bridgehead atoms. The summed E-state index contributed by atoms with van der Waals surface area (Å²) >= 11 is 5.05. The average molecular weight is 517 g/mol. The number of benzene rings is 2. The van der Waals surface area contributed by atoms with Crippen LogP contribution >= 0.6 is 34.0 Å². The van der Waals surface area contributed by atoms with E-state index in [2.05, 4.69) is 64.1 Å². The molecule has 0 amide bonds. The van der Waals surface area contributed by atoms with Crippen molar-refractivity contribution < 1.29 is 10.2 Å². The van der Waals surface area contributed by atoms with Gasteiger partial charge in [0.15, 0.2) is 0 Å². The van der Waals surface area contributed by atoms with E-state index in [1.54, 1.807) is 34.0 Å². The fraction of sp³-hybridized carbons (Fsp3) is 0.200. The molecule has 0 radical (unpaired) electrons. The summed E-state index contributed by atoms with van der Waals surface area (Å²) in [6.45, 7) is 8.69. The molecule has 0 saturated carbocycles. The van der Waals surface area contributed by atoms with Crippen molar-refractivity contribution in [2.45, 2.75) is 38.5 Å². The van der Waals surface area contributed by atoms with E-state index in [1.807, 2.05) is 48.5 Å². The fourth-order valence-corrected chi connectivity index (χ4v) is 8.08. The molecule has 2 N–H and O–H groups in total. The van der Waals surface area contributed by atoms with Crippen molar-refractivity contribution in [3.8, 4) is 32.4 Å². The van der Waals surface area contributed by atoms with Crippen LogP contribution < -0.4 is 0 Å². The predicted octanol–water partition coefficient (Wildman–Crippen LogP) is 9.27. The minimum absolute atomic E-state index is 0.340. The van der Waals surface area contributed by atoms with Crippen LogP contribution in [0.25, 0.3) is 20.9 Å². The molecule has 0 aliphatic rings. The SMILES string of the molecule is CC(C)(c1ccc(C(C)(C)c2sc(-c3ccccc3)cc2O)s1)c1sc(-c2ccccc2)cc1O. The van der Waals surface area contributed by atoms with E-state index >= 15 is 0 Å². The van der Waals surface area contributed by atoms with Crippen LogP contribution in [-0.2, 0) is 10.8 Å². The quantitative estimate of drug-likeness (QED) is 0.236. The molecule has 3 aromatic heterocycles. The summed E-state index contributed by atoms with van der Waals surface area (Å²) in [4.78, 5) is 6.45. The van der Waals surface area contributed by atoms with Gasteiger partial charge < -0.3 is 10.2 Å². The van der Waals surface area contributed by atoms with Gasteiger partial charge in [-0.05, 0) is 63.1 Å². The van der Waals surface area contributed by atoms with Gasteiger partial charge >= 0.3 is 0 Å². The van der Waals surface area contributed by atoms with Crippen molar-refractivity contribution in [3.05, 3.63) is 104 Å². The molecule has 0 fully saturated rings. The van der Waals surface area contributed by atoms with Crippen LogP contribution in [0.1, 0.15) is 47.2 Å². The lowest BCUT2D eigenvalue weighted by Crippen LogP contribution is -2.17. The Morgan fingerprint density at radius 1 is 0.514 bits per heavy atom. The van der Waals surface area contributed by atoms with E-state index in [1.165, 1.54) is 9.75 Å². The maximum Gasteiger partial charge on any atom is 0.131 e. The summed E-state index contributed by atoms with van der Waals surface area (Å²) in [7, 11) is 0. The average Bonchev–Trinajstić information content (AvgIpc) is 3.59. The Morgan fingerprint density at radius 2 is 0.886 bits per heavy atom. The van der Waals surface area contributed by atoms with Gasteiger partial charge in [0.25, 0.3) is 0 Å². The zero-order chi connectivity index (χ0) is 24.8. The van der Waals surface area contributed by atoms with Gasteiger partial charge in [-0.3, -0.25) is 0 Å². The highest BCUT2D eigenvalue weighted by atomic mass is 32.1. The minimum Gasteiger partial charge on any atom is -0.507 e. The van der Waals surface area contributed by atoms with E-state index in [0.717, 1.165) is 30.6 Å². The Bertz CT molecular complexity index is 1340. The number of hydrogen-bond donors (Lipinski definition) is 2. The van der Waals surface area contributed by atoms with Gasteiger partial charge in [-0.1, -0.05) is 60.7 Å². The van der Waals surface area contributed by atoms with Gasteiger partial charge in [-0.2, -0.15) is 0 Å². The lowest BCUT2D eigenvalue weighted by Gasteiger charge is -2.24. The Balaban J connectivity index is 1.48. The van der Waals surface area contributed by atoms with Gasteiger partial charge in [-0.25, -0.2) is 0 Å². The Morgan fingerprint density at radius 3 is 1.26 bits per heavy atom. The van der Waals surface area contributed by atoms with Gasteiger partial charge in [0.2, 0.25) is 0 Å². The molecule has 0 atom stereocenters. The third-order valence-corrected chi connectivity index (χ3v) is 11.2. The van der Waals surface area contributed by atoms with E-state index < -0.39 is 0 Å². The Labute approximate surface area is 218 Å². The first-order valence-corrected chi connectivity index (χ1v) is 14.0. The molecule has 2 aromatic carbocycles. The molecule has 35 heavy (non-hydrogen) atoms. The molecule has 2 nitrogen and oxygen atoms in total. The van der Waals surface area contributed by atoms with Crippen LogP contribution in [0.2, 0.25) is 0 Å². The second-order valence-electron chi connectivity index (χ2n) is 9.80. The second kappa shape index (κ2) is 8.98. The molecule has 0 spiro atoms. The summed E-state index contributed by atoms with van der Waals surface area (Å²) in [5, 5.41) is 21.7. The summed E-state index contributed by atoms with van der Waals surface area (Å²) in [6.07, 6.45) is 0. The summed E-state index contributed by atoms with van der Waals surface area (Å²) in [5.74, 6) is 0.688. The standard InChI is InChI=1S/C30H28O2S3/c1-29(2,27-21(31)17-23(33-27)19-11-7-5-8-12-19)25-15-16-26(35-25)30(3,4)28-22(32)18-24(34-28)20-13-9-6-10-14-20/h5-18,31-32H,1-4H3. The Hall–Kier alpha value is -2.86. The summed E-state index contributed by atoms with van der Waals surface area (Å²) in [6, 6.07) is 28.5. The van der Waals surface area contributed by atoms with Crippen molar-refractivity contribution in [2.75, 3.05) is 0 Å². The Kier molecular flexibility index (Phi) is 6.12. The second-order valence-corrected chi connectivity index (χ2v) is 13.0. The first kappa shape index (κ1) is 23.9.